The third-order valence-corrected chi connectivity index (χ3v) is 3.74. The summed E-state index contributed by atoms with van der Waals surface area (Å²) in [5.74, 6) is -0.0184. The van der Waals surface area contributed by atoms with Crippen LogP contribution in [0.4, 0.5) is 13.2 Å². The Kier molecular flexibility index (Phi) is 3.78. The summed E-state index contributed by atoms with van der Waals surface area (Å²) in [6.45, 7) is 0.0835. The van der Waals surface area contributed by atoms with Gasteiger partial charge in [-0.25, -0.2) is 4.98 Å². The first-order valence-electron chi connectivity index (χ1n) is 6.98. The summed E-state index contributed by atoms with van der Waals surface area (Å²) in [7, 11) is 0. The molecule has 0 fully saturated rings. The molecule has 0 radical (unpaired) electrons. The second kappa shape index (κ2) is 5.61. The van der Waals surface area contributed by atoms with E-state index in [1.54, 1.807) is 0 Å². The van der Waals surface area contributed by atoms with Gasteiger partial charge >= 0.3 is 6.18 Å². The van der Waals surface area contributed by atoms with Crippen LogP contribution in [-0.4, -0.2) is 11.1 Å². The maximum atomic E-state index is 12.8. The van der Waals surface area contributed by atoms with Gasteiger partial charge in [-0.3, -0.25) is 0 Å². The van der Waals surface area contributed by atoms with E-state index in [4.69, 9.17) is 10.5 Å². The molecule has 1 aliphatic carbocycles. The fourth-order valence-electron chi connectivity index (χ4n) is 2.64. The standard InChI is InChI=1S/C16H15F3N2O/c17-16(18,19)14-6-5-12(9-20)15(21-14)22-13-7-10-3-1-2-4-11(10)8-13/h1-6,13H,7-9,20H2. The molecule has 0 saturated heterocycles. The molecule has 3 rings (SSSR count). The Morgan fingerprint density at radius 2 is 1.73 bits per heavy atom. The largest absolute Gasteiger partial charge is 0.473 e. The van der Waals surface area contributed by atoms with Crippen molar-refractivity contribution in [1.29, 1.82) is 0 Å². The second-order valence-electron chi connectivity index (χ2n) is 5.28. The van der Waals surface area contributed by atoms with E-state index >= 15 is 0 Å². The lowest BCUT2D eigenvalue weighted by Gasteiger charge is -2.16. The van der Waals surface area contributed by atoms with E-state index in [0.29, 0.717) is 18.4 Å². The minimum atomic E-state index is -4.50. The highest BCUT2D eigenvalue weighted by Crippen LogP contribution is 2.32. The summed E-state index contributed by atoms with van der Waals surface area (Å²) < 4.78 is 44.1. The highest BCUT2D eigenvalue weighted by Gasteiger charge is 2.34. The predicted octanol–water partition coefficient (Wildman–Crippen LogP) is 3.11. The van der Waals surface area contributed by atoms with Crippen LogP contribution in [0, 0.1) is 0 Å². The van der Waals surface area contributed by atoms with Gasteiger partial charge in [-0.05, 0) is 17.2 Å². The van der Waals surface area contributed by atoms with Crippen LogP contribution in [0.25, 0.3) is 0 Å². The molecule has 3 nitrogen and oxygen atoms in total. The predicted molar refractivity (Wildman–Crippen MR) is 75.4 cm³/mol. The molecule has 6 heteroatoms. The van der Waals surface area contributed by atoms with E-state index < -0.39 is 11.9 Å². The lowest BCUT2D eigenvalue weighted by atomic mass is 10.1. The average molecular weight is 308 g/mol. The van der Waals surface area contributed by atoms with Crippen molar-refractivity contribution in [3.8, 4) is 5.88 Å². The Morgan fingerprint density at radius 3 is 2.27 bits per heavy atom. The lowest BCUT2D eigenvalue weighted by Crippen LogP contribution is -2.20. The molecule has 116 valence electrons. The SMILES string of the molecule is NCc1ccc(C(F)(F)F)nc1OC1Cc2ccccc2C1. The van der Waals surface area contributed by atoms with E-state index in [0.717, 1.165) is 17.2 Å². The number of nitrogens with zero attached hydrogens (tertiary/aromatic N) is 1. The number of ether oxygens (including phenoxy) is 1. The maximum Gasteiger partial charge on any atom is 0.433 e. The summed E-state index contributed by atoms with van der Waals surface area (Å²) in [6, 6.07) is 10.1. The zero-order chi connectivity index (χ0) is 15.7. The van der Waals surface area contributed by atoms with Gasteiger partial charge in [0.05, 0.1) is 0 Å². The van der Waals surface area contributed by atoms with Crippen molar-refractivity contribution in [3.05, 3.63) is 58.8 Å². The molecule has 0 spiro atoms. The third kappa shape index (κ3) is 2.92. The molecule has 0 saturated carbocycles. The Bertz CT molecular complexity index is 660. The van der Waals surface area contributed by atoms with Crippen LogP contribution in [0.3, 0.4) is 0 Å². The molecular formula is C16H15F3N2O. The van der Waals surface area contributed by atoms with Crippen LogP contribution in [0.2, 0.25) is 0 Å². The fourth-order valence-corrected chi connectivity index (χ4v) is 2.64. The fraction of sp³-hybridized carbons (Fsp3) is 0.312. The van der Waals surface area contributed by atoms with Crippen LogP contribution < -0.4 is 10.5 Å². The number of benzene rings is 1. The number of nitrogens with two attached hydrogens (primary N) is 1. The number of halogens is 3. The Balaban J connectivity index is 1.83. The summed E-state index contributed by atoms with van der Waals surface area (Å²) >= 11 is 0. The zero-order valence-electron chi connectivity index (χ0n) is 11.7. The lowest BCUT2D eigenvalue weighted by molar-refractivity contribution is -0.141. The Hall–Kier alpha value is -2.08. The smallest absolute Gasteiger partial charge is 0.433 e. The summed E-state index contributed by atoms with van der Waals surface area (Å²) in [5, 5.41) is 0. The first-order valence-corrected chi connectivity index (χ1v) is 6.98. The Morgan fingerprint density at radius 1 is 1.09 bits per heavy atom. The molecule has 22 heavy (non-hydrogen) atoms. The number of alkyl halides is 3. The molecule has 0 bridgehead atoms. The molecule has 2 N–H and O–H groups in total. The van der Waals surface area contributed by atoms with Crippen molar-refractivity contribution in [3.63, 3.8) is 0 Å². The number of rotatable bonds is 3. The normalized spacial score (nSPS) is 14.9. The first-order chi connectivity index (χ1) is 10.5. The van der Waals surface area contributed by atoms with E-state index in [2.05, 4.69) is 4.98 Å². The van der Waals surface area contributed by atoms with Gasteiger partial charge in [0.15, 0.2) is 0 Å². The van der Waals surface area contributed by atoms with Crippen LogP contribution in [0.1, 0.15) is 22.4 Å². The number of aromatic nitrogens is 1. The molecule has 1 aromatic heterocycles. The maximum absolute atomic E-state index is 12.8. The highest BCUT2D eigenvalue weighted by molar-refractivity contribution is 5.34. The van der Waals surface area contributed by atoms with Crippen molar-refractivity contribution in [2.24, 2.45) is 5.73 Å². The van der Waals surface area contributed by atoms with Gasteiger partial charge < -0.3 is 10.5 Å². The van der Waals surface area contributed by atoms with Crippen molar-refractivity contribution in [1.82, 2.24) is 4.98 Å². The topological polar surface area (TPSA) is 48.1 Å². The van der Waals surface area contributed by atoms with E-state index in [-0.39, 0.29) is 18.5 Å². The first kappa shape index (κ1) is 14.8. The van der Waals surface area contributed by atoms with E-state index in [1.165, 1.54) is 6.07 Å². The average Bonchev–Trinajstić information content (AvgIpc) is 2.88. The van der Waals surface area contributed by atoms with Crippen LogP contribution in [0.15, 0.2) is 36.4 Å². The van der Waals surface area contributed by atoms with Gasteiger partial charge in [-0.1, -0.05) is 30.3 Å². The minimum absolute atomic E-state index is 0.0184. The monoisotopic (exact) mass is 308 g/mol. The molecule has 1 heterocycles. The number of hydrogen-bond donors (Lipinski definition) is 1. The van der Waals surface area contributed by atoms with Gasteiger partial charge in [0.1, 0.15) is 11.8 Å². The van der Waals surface area contributed by atoms with Crippen LogP contribution in [-0.2, 0) is 25.6 Å². The number of pyridine rings is 1. The molecule has 1 aliphatic rings. The van der Waals surface area contributed by atoms with Crippen molar-refractivity contribution >= 4 is 0 Å². The second-order valence-corrected chi connectivity index (χ2v) is 5.28. The summed E-state index contributed by atoms with van der Waals surface area (Å²) in [6.07, 6.45) is -3.38. The van der Waals surface area contributed by atoms with Gasteiger partial charge in [0.2, 0.25) is 5.88 Å². The van der Waals surface area contributed by atoms with Gasteiger partial charge in [0.25, 0.3) is 0 Å². The quantitative estimate of drug-likeness (QED) is 0.948. The zero-order valence-corrected chi connectivity index (χ0v) is 11.7. The van der Waals surface area contributed by atoms with E-state index in [9.17, 15) is 13.2 Å². The van der Waals surface area contributed by atoms with Crippen LogP contribution in [0.5, 0.6) is 5.88 Å². The van der Waals surface area contributed by atoms with Gasteiger partial charge in [0, 0.05) is 24.9 Å². The molecule has 2 aromatic rings. The molecule has 0 amide bonds. The molecule has 1 aromatic carbocycles. The Labute approximate surface area is 125 Å². The minimum Gasteiger partial charge on any atom is -0.473 e. The third-order valence-electron chi connectivity index (χ3n) is 3.74. The number of fused-ring (bicyclic) bond motifs is 1. The molecule has 0 atom stereocenters. The van der Waals surface area contributed by atoms with Gasteiger partial charge in [-0.2, -0.15) is 13.2 Å². The van der Waals surface area contributed by atoms with Crippen molar-refractivity contribution in [2.75, 3.05) is 0 Å². The van der Waals surface area contributed by atoms with E-state index in [1.807, 2.05) is 24.3 Å². The van der Waals surface area contributed by atoms with Gasteiger partial charge in [-0.15, -0.1) is 0 Å². The van der Waals surface area contributed by atoms with Crippen LogP contribution >= 0.6 is 0 Å². The van der Waals surface area contributed by atoms with Crippen molar-refractivity contribution < 1.29 is 17.9 Å². The van der Waals surface area contributed by atoms with Crippen molar-refractivity contribution in [2.45, 2.75) is 31.7 Å². The highest BCUT2D eigenvalue weighted by atomic mass is 19.4. The molecule has 0 aliphatic heterocycles. The summed E-state index contributed by atoms with van der Waals surface area (Å²) in [4.78, 5) is 3.61. The summed E-state index contributed by atoms with van der Waals surface area (Å²) in [5.41, 5.74) is 7.40. The number of hydrogen-bond acceptors (Lipinski definition) is 3. The molecule has 0 unspecified atom stereocenters. The molecular weight excluding hydrogens is 293 g/mol.